The third-order valence-corrected chi connectivity index (χ3v) is 3.96. The van der Waals surface area contributed by atoms with E-state index in [0.29, 0.717) is 30.8 Å². The summed E-state index contributed by atoms with van der Waals surface area (Å²) < 4.78 is 10.9. The van der Waals surface area contributed by atoms with E-state index in [0.717, 1.165) is 0 Å². The highest BCUT2D eigenvalue weighted by Crippen LogP contribution is 2.26. The molecule has 0 spiro atoms. The van der Waals surface area contributed by atoms with Crippen molar-refractivity contribution in [3.63, 3.8) is 0 Å². The predicted molar refractivity (Wildman–Crippen MR) is 106 cm³/mol. The molecule has 0 saturated heterocycles. The van der Waals surface area contributed by atoms with Crippen LogP contribution in [0.2, 0.25) is 0 Å². The fraction of sp³-hybridized carbons (Fsp3) is 0.500. The minimum atomic E-state index is -1.30. The molecule has 1 aliphatic heterocycles. The van der Waals surface area contributed by atoms with E-state index < -0.39 is 29.4 Å². The third kappa shape index (κ3) is 7.10. The molecule has 0 saturated carbocycles. The first-order chi connectivity index (χ1) is 13.7. The van der Waals surface area contributed by atoms with Gasteiger partial charge in [0.25, 0.3) is 0 Å². The van der Waals surface area contributed by atoms with Crippen LogP contribution < -0.4 is 5.32 Å². The molecule has 9 heteroatoms. The molecule has 29 heavy (non-hydrogen) atoms. The quantitative estimate of drug-likeness (QED) is 0.467. The number of aliphatic carboxylic acids is 1. The van der Waals surface area contributed by atoms with Crippen molar-refractivity contribution >= 4 is 24.1 Å². The lowest BCUT2D eigenvalue weighted by Crippen LogP contribution is -2.34. The van der Waals surface area contributed by atoms with E-state index in [4.69, 9.17) is 9.47 Å². The van der Waals surface area contributed by atoms with Crippen molar-refractivity contribution in [2.75, 3.05) is 26.2 Å². The number of carbonyl (C=O) groups is 3. The van der Waals surface area contributed by atoms with Crippen molar-refractivity contribution in [2.24, 2.45) is 11.0 Å². The summed E-state index contributed by atoms with van der Waals surface area (Å²) in [4.78, 5) is 35.4. The van der Waals surface area contributed by atoms with Crippen molar-refractivity contribution in [3.8, 4) is 0 Å². The molecule has 0 aromatic rings. The fourth-order valence-electron chi connectivity index (χ4n) is 2.74. The van der Waals surface area contributed by atoms with Crippen LogP contribution in [0.1, 0.15) is 27.2 Å². The molecule has 1 amide bonds. The first-order valence-corrected chi connectivity index (χ1v) is 9.39. The molecule has 0 bridgehead atoms. The van der Waals surface area contributed by atoms with E-state index in [2.05, 4.69) is 10.4 Å². The predicted octanol–water partition coefficient (Wildman–Crippen LogP) is 1.87. The summed E-state index contributed by atoms with van der Waals surface area (Å²) in [6.07, 6.45) is 7.96. The van der Waals surface area contributed by atoms with Gasteiger partial charge in [0.15, 0.2) is 5.78 Å². The standard InChI is InChI=1S/C20H27N3O6/c1-20(2,3)29-19(27)21-9-6-12-28-16-8-7-15(24)17(18(25)26)14(16)13-23-11-5-4-10-22-23/h4-5,7-8,10,17H,6,9,11-13H2,1-3H3,(H,21,27)(H,25,26). The number of hydrazone groups is 1. The molecule has 2 N–H and O–H groups in total. The second-order valence-electron chi connectivity index (χ2n) is 7.57. The third-order valence-electron chi connectivity index (χ3n) is 3.96. The lowest BCUT2D eigenvalue weighted by atomic mass is 9.89. The number of nitrogens with one attached hydrogen (secondary N) is 1. The van der Waals surface area contributed by atoms with Gasteiger partial charge < -0.3 is 19.9 Å². The van der Waals surface area contributed by atoms with Crippen molar-refractivity contribution < 1.29 is 29.0 Å². The van der Waals surface area contributed by atoms with Gasteiger partial charge in [0.1, 0.15) is 17.3 Å². The molecular formula is C20H27N3O6. The van der Waals surface area contributed by atoms with Crippen LogP contribution in [-0.4, -0.2) is 66.0 Å². The summed E-state index contributed by atoms with van der Waals surface area (Å²) in [5.41, 5.74) is -0.213. The lowest BCUT2D eigenvalue weighted by Gasteiger charge is -2.26. The number of hydrogen-bond donors (Lipinski definition) is 2. The van der Waals surface area contributed by atoms with Crippen LogP contribution in [0.4, 0.5) is 4.79 Å². The summed E-state index contributed by atoms with van der Waals surface area (Å²) in [6, 6.07) is 0. The smallest absolute Gasteiger partial charge is 0.407 e. The van der Waals surface area contributed by atoms with Crippen LogP contribution in [0.25, 0.3) is 0 Å². The normalized spacial score (nSPS) is 18.8. The van der Waals surface area contributed by atoms with Gasteiger partial charge in [-0.2, -0.15) is 5.10 Å². The second-order valence-corrected chi connectivity index (χ2v) is 7.57. The van der Waals surface area contributed by atoms with Gasteiger partial charge >= 0.3 is 12.1 Å². The molecule has 0 aromatic heterocycles. The first kappa shape index (κ1) is 22.2. The molecule has 2 rings (SSSR count). The molecule has 1 atom stereocenters. The minimum absolute atomic E-state index is 0.166. The number of carboxylic acids is 1. The Balaban J connectivity index is 1.96. The number of ketones is 1. The van der Waals surface area contributed by atoms with Crippen molar-refractivity contribution in [1.82, 2.24) is 10.3 Å². The molecule has 1 unspecified atom stereocenters. The average Bonchev–Trinajstić information content (AvgIpc) is 2.62. The van der Waals surface area contributed by atoms with Gasteiger partial charge in [-0.3, -0.25) is 14.6 Å². The highest BCUT2D eigenvalue weighted by atomic mass is 16.6. The van der Waals surface area contributed by atoms with Crippen molar-refractivity contribution in [2.45, 2.75) is 32.8 Å². The maximum absolute atomic E-state index is 12.1. The number of carboxylic acid groups (broad SMARTS) is 1. The number of nitrogens with zero attached hydrogens (tertiary/aromatic N) is 2. The van der Waals surface area contributed by atoms with Gasteiger partial charge in [-0.15, -0.1) is 0 Å². The van der Waals surface area contributed by atoms with E-state index in [1.54, 1.807) is 38.1 Å². The number of amides is 1. The second kappa shape index (κ2) is 9.90. The molecule has 9 nitrogen and oxygen atoms in total. The highest BCUT2D eigenvalue weighted by molar-refractivity contribution is 6.08. The lowest BCUT2D eigenvalue weighted by molar-refractivity contribution is -0.143. The number of carbonyl (C=O) groups excluding carboxylic acids is 2. The number of hydrogen-bond acceptors (Lipinski definition) is 7. The number of allylic oxidation sites excluding steroid dienone is 3. The van der Waals surface area contributed by atoms with E-state index >= 15 is 0 Å². The van der Waals surface area contributed by atoms with Crippen molar-refractivity contribution in [3.05, 3.63) is 35.6 Å². The maximum Gasteiger partial charge on any atom is 0.407 e. The zero-order valence-electron chi connectivity index (χ0n) is 16.9. The van der Waals surface area contributed by atoms with Crippen LogP contribution in [0.3, 0.4) is 0 Å². The largest absolute Gasteiger partial charge is 0.493 e. The molecule has 2 aliphatic rings. The molecule has 1 heterocycles. The average molecular weight is 405 g/mol. The Morgan fingerprint density at radius 1 is 1.34 bits per heavy atom. The van der Waals surface area contributed by atoms with Gasteiger partial charge in [0.2, 0.25) is 0 Å². The Bertz CT molecular complexity index is 761. The minimum Gasteiger partial charge on any atom is -0.493 e. The number of alkyl carbamates (subject to hydrolysis) is 1. The number of ether oxygens (including phenoxy) is 2. The first-order valence-electron chi connectivity index (χ1n) is 9.39. The van der Waals surface area contributed by atoms with Gasteiger partial charge in [0.05, 0.1) is 19.7 Å². The van der Waals surface area contributed by atoms with E-state index in [-0.39, 0.29) is 13.2 Å². The van der Waals surface area contributed by atoms with Crippen LogP contribution >= 0.6 is 0 Å². The van der Waals surface area contributed by atoms with Gasteiger partial charge in [-0.1, -0.05) is 6.08 Å². The van der Waals surface area contributed by atoms with Crippen LogP contribution in [-0.2, 0) is 19.1 Å². The molecule has 0 radical (unpaired) electrons. The van der Waals surface area contributed by atoms with E-state index in [1.165, 1.54) is 12.2 Å². The SMILES string of the molecule is CC(C)(C)OC(=O)NCCCOC1=C(CN2CC=CC=N2)C(C(=O)O)C(=O)C=C1. The topological polar surface area (TPSA) is 118 Å². The Morgan fingerprint density at radius 3 is 2.72 bits per heavy atom. The van der Waals surface area contributed by atoms with Crippen LogP contribution in [0.15, 0.2) is 40.7 Å². The Hall–Kier alpha value is -3.10. The van der Waals surface area contributed by atoms with Gasteiger partial charge in [0, 0.05) is 18.3 Å². The summed E-state index contributed by atoms with van der Waals surface area (Å²) in [5, 5.41) is 18.0. The summed E-state index contributed by atoms with van der Waals surface area (Å²) in [6.45, 7) is 6.59. The van der Waals surface area contributed by atoms with Crippen LogP contribution in [0.5, 0.6) is 0 Å². The van der Waals surface area contributed by atoms with Crippen LogP contribution in [0, 0.1) is 5.92 Å². The van der Waals surface area contributed by atoms with Crippen molar-refractivity contribution in [1.29, 1.82) is 0 Å². The highest BCUT2D eigenvalue weighted by Gasteiger charge is 2.34. The van der Waals surface area contributed by atoms with E-state index in [9.17, 15) is 19.5 Å². The molecule has 158 valence electrons. The Morgan fingerprint density at radius 2 is 2.10 bits per heavy atom. The monoisotopic (exact) mass is 405 g/mol. The Kier molecular flexibility index (Phi) is 7.58. The summed E-state index contributed by atoms with van der Waals surface area (Å²) >= 11 is 0. The van der Waals surface area contributed by atoms with Gasteiger partial charge in [-0.25, -0.2) is 4.79 Å². The molecular weight excluding hydrogens is 378 g/mol. The summed E-state index contributed by atoms with van der Waals surface area (Å²) in [7, 11) is 0. The maximum atomic E-state index is 12.1. The zero-order chi connectivity index (χ0) is 21.4. The number of rotatable bonds is 8. The fourth-order valence-corrected chi connectivity index (χ4v) is 2.74. The molecule has 1 aliphatic carbocycles. The summed E-state index contributed by atoms with van der Waals surface area (Å²) in [5.74, 6) is -2.67. The molecule has 0 fully saturated rings. The van der Waals surface area contributed by atoms with Gasteiger partial charge in [-0.05, 0) is 45.4 Å². The Labute approximate surface area is 169 Å². The zero-order valence-corrected chi connectivity index (χ0v) is 16.9. The molecule has 0 aromatic carbocycles. The van der Waals surface area contributed by atoms with E-state index in [1.807, 2.05) is 6.08 Å².